The first-order chi connectivity index (χ1) is 10.2. The molecule has 0 spiro atoms. The van der Waals surface area contributed by atoms with E-state index in [1.807, 2.05) is 25.1 Å². The van der Waals surface area contributed by atoms with Crippen LogP contribution in [0.2, 0.25) is 0 Å². The molecule has 0 aliphatic carbocycles. The number of rotatable bonds is 3. The Morgan fingerprint density at radius 2 is 2.24 bits per heavy atom. The van der Waals surface area contributed by atoms with E-state index in [-0.39, 0.29) is 12.5 Å². The van der Waals surface area contributed by atoms with Crippen molar-refractivity contribution in [3.05, 3.63) is 59.4 Å². The number of carbonyl (C=O) groups is 1. The summed E-state index contributed by atoms with van der Waals surface area (Å²) in [6, 6.07) is 9.17. The Morgan fingerprint density at radius 3 is 2.90 bits per heavy atom. The Labute approximate surface area is 123 Å². The topological polar surface area (TPSA) is 62.2 Å². The largest absolute Gasteiger partial charge is 0.384 e. The van der Waals surface area contributed by atoms with E-state index in [1.165, 1.54) is 0 Å². The van der Waals surface area contributed by atoms with Gasteiger partial charge in [-0.05, 0) is 42.3 Å². The molecule has 4 nitrogen and oxygen atoms in total. The second-order valence-corrected chi connectivity index (χ2v) is 4.58. The lowest BCUT2D eigenvalue weighted by molar-refractivity contribution is -0.115. The van der Waals surface area contributed by atoms with Gasteiger partial charge in [0.1, 0.15) is 6.61 Å². The third-order valence-corrected chi connectivity index (χ3v) is 2.90. The minimum atomic E-state index is -0.164. The van der Waals surface area contributed by atoms with Gasteiger partial charge in [-0.1, -0.05) is 17.9 Å². The van der Waals surface area contributed by atoms with Gasteiger partial charge >= 0.3 is 0 Å². The fourth-order valence-corrected chi connectivity index (χ4v) is 1.91. The lowest BCUT2D eigenvalue weighted by Gasteiger charge is -2.07. The van der Waals surface area contributed by atoms with Crippen LogP contribution in [0.4, 0.5) is 5.69 Å². The molecule has 0 unspecified atom stereocenters. The molecule has 2 rings (SSSR count). The van der Waals surface area contributed by atoms with E-state index in [0.29, 0.717) is 6.42 Å². The van der Waals surface area contributed by atoms with Crippen molar-refractivity contribution in [3.63, 3.8) is 0 Å². The number of benzene rings is 1. The maximum Gasteiger partial charge on any atom is 0.228 e. The number of hydrogen-bond acceptors (Lipinski definition) is 3. The predicted molar refractivity (Wildman–Crippen MR) is 81.7 cm³/mol. The molecular formula is C17H16N2O2. The standard InChI is InChI=1S/C17H16N2O2/c1-13-10-16(7-6-15(13)5-3-9-20)19-17(21)11-14-4-2-8-18-12-14/h2,4,6-8,10,12,20H,9,11H2,1H3,(H,19,21). The summed E-state index contributed by atoms with van der Waals surface area (Å²) < 4.78 is 0. The number of amides is 1. The van der Waals surface area contributed by atoms with E-state index < -0.39 is 0 Å². The maximum atomic E-state index is 12.0. The number of hydrogen-bond donors (Lipinski definition) is 2. The summed E-state index contributed by atoms with van der Waals surface area (Å²) in [6.45, 7) is 1.75. The van der Waals surface area contributed by atoms with Gasteiger partial charge < -0.3 is 10.4 Å². The summed E-state index contributed by atoms with van der Waals surface area (Å²) in [5.74, 6) is 5.39. The van der Waals surface area contributed by atoms with Gasteiger partial charge in [-0.3, -0.25) is 9.78 Å². The van der Waals surface area contributed by atoms with Crippen LogP contribution >= 0.6 is 0 Å². The quantitative estimate of drug-likeness (QED) is 0.844. The number of nitrogens with one attached hydrogen (secondary N) is 1. The van der Waals surface area contributed by atoms with Gasteiger partial charge in [0.15, 0.2) is 0 Å². The molecule has 1 amide bonds. The Kier molecular flexibility index (Phi) is 5.08. The molecule has 0 saturated carbocycles. The number of aliphatic hydroxyl groups excluding tert-OH is 1. The average Bonchev–Trinajstić information content (AvgIpc) is 2.47. The van der Waals surface area contributed by atoms with Crippen LogP contribution in [0.3, 0.4) is 0 Å². The first kappa shape index (κ1) is 14.8. The van der Waals surface area contributed by atoms with Crippen molar-refractivity contribution in [3.8, 4) is 11.8 Å². The van der Waals surface area contributed by atoms with Gasteiger partial charge in [-0.2, -0.15) is 0 Å². The number of carbonyl (C=O) groups excluding carboxylic acids is 1. The number of nitrogens with zero attached hydrogens (tertiary/aromatic N) is 1. The summed E-state index contributed by atoms with van der Waals surface area (Å²) in [7, 11) is 0. The lowest BCUT2D eigenvalue weighted by atomic mass is 10.1. The van der Waals surface area contributed by atoms with Gasteiger partial charge in [-0.15, -0.1) is 0 Å². The van der Waals surface area contributed by atoms with Crippen molar-refractivity contribution in [1.29, 1.82) is 0 Å². The number of aliphatic hydroxyl groups is 1. The molecule has 106 valence electrons. The minimum Gasteiger partial charge on any atom is -0.384 e. The maximum absolute atomic E-state index is 12.0. The zero-order valence-corrected chi connectivity index (χ0v) is 11.8. The van der Waals surface area contributed by atoms with Crippen molar-refractivity contribution in [2.45, 2.75) is 13.3 Å². The van der Waals surface area contributed by atoms with Gasteiger partial charge in [0.05, 0.1) is 6.42 Å². The van der Waals surface area contributed by atoms with Crippen molar-refractivity contribution < 1.29 is 9.90 Å². The van der Waals surface area contributed by atoms with Crippen LogP contribution in [0.15, 0.2) is 42.7 Å². The first-order valence-corrected chi connectivity index (χ1v) is 6.58. The molecule has 0 aliphatic heterocycles. The van der Waals surface area contributed by atoms with E-state index in [4.69, 9.17) is 5.11 Å². The highest BCUT2D eigenvalue weighted by molar-refractivity contribution is 5.92. The normalized spacial score (nSPS) is 9.62. The van der Waals surface area contributed by atoms with E-state index in [0.717, 1.165) is 22.4 Å². The third kappa shape index (κ3) is 4.44. The number of pyridine rings is 1. The molecule has 0 fully saturated rings. The molecule has 4 heteroatoms. The summed E-state index contributed by atoms with van der Waals surface area (Å²) in [5, 5.41) is 11.5. The highest BCUT2D eigenvalue weighted by Gasteiger charge is 2.05. The smallest absolute Gasteiger partial charge is 0.228 e. The van der Waals surface area contributed by atoms with Gasteiger partial charge in [0.25, 0.3) is 0 Å². The molecule has 0 bridgehead atoms. The monoisotopic (exact) mass is 280 g/mol. The van der Waals surface area contributed by atoms with Gasteiger partial charge in [0, 0.05) is 23.6 Å². The molecule has 0 saturated heterocycles. The molecule has 1 aromatic heterocycles. The van der Waals surface area contributed by atoms with Crippen LogP contribution in [-0.2, 0) is 11.2 Å². The lowest BCUT2D eigenvalue weighted by Crippen LogP contribution is -2.14. The molecule has 0 aliphatic rings. The van der Waals surface area contributed by atoms with Crippen LogP contribution in [0.5, 0.6) is 0 Å². The number of aryl methyl sites for hydroxylation is 1. The van der Waals surface area contributed by atoms with Crippen molar-refractivity contribution in [2.24, 2.45) is 0 Å². The van der Waals surface area contributed by atoms with Crippen LogP contribution in [0.1, 0.15) is 16.7 Å². The van der Waals surface area contributed by atoms with Crippen LogP contribution < -0.4 is 5.32 Å². The molecule has 21 heavy (non-hydrogen) atoms. The number of anilines is 1. The highest BCUT2D eigenvalue weighted by atomic mass is 16.2. The molecular weight excluding hydrogens is 264 g/mol. The second kappa shape index (κ2) is 7.22. The van der Waals surface area contributed by atoms with Crippen molar-refractivity contribution >= 4 is 11.6 Å². The Morgan fingerprint density at radius 1 is 1.38 bits per heavy atom. The summed E-state index contributed by atoms with van der Waals surface area (Å²) in [5.41, 5.74) is 3.40. The van der Waals surface area contributed by atoms with Crippen LogP contribution in [0, 0.1) is 18.8 Å². The minimum absolute atomic E-state index is 0.0865. The first-order valence-electron chi connectivity index (χ1n) is 6.58. The molecule has 2 aromatic rings. The van der Waals surface area contributed by atoms with E-state index in [1.54, 1.807) is 24.5 Å². The summed E-state index contributed by atoms with van der Waals surface area (Å²) in [6.07, 6.45) is 3.65. The zero-order chi connectivity index (χ0) is 15.1. The Bertz CT molecular complexity index is 685. The molecule has 0 radical (unpaired) electrons. The van der Waals surface area contributed by atoms with Crippen LogP contribution in [-0.4, -0.2) is 22.6 Å². The molecule has 1 aromatic carbocycles. The predicted octanol–water partition coefficient (Wildman–Crippen LogP) is 1.92. The Balaban J connectivity index is 2.03. The van der Waals surface area contributed by atoms with Crippen molar-refractivity contribution in [2.75, 3.05) is 11.9 Å². The fraction of sp³-hybridized carbons (Fsp3) is 0.176. The molecule has 0 atom stereocenters. The van der Waals surface area contributed by atoms with Gasteiger partial charge in [-0.25, -0.2) is 0 Å². The Hall–Kier alpha value is -2.64. The van der Waals surface area contributed by atoms with E-state index in [9.17, 15) is 4.79 Å². The summed E-state index contributed by atoms with van der Waals surface area (Å²) in [4.78, 5) is 15.9. The second-order valence-electron chi connectivity index (χ2n) is 4.58. The zero-order valence-electron chi connectivity index (χ0n) is 11.8. The SMILES string of the molecule is Cc1cc(NC(=O)Cc2cccnc2)ccc1C#CCO. The van der Waals surface area contributed by atoms with Crippen LogP contribution in [0.25, 0.3) is 0 Å². The molecule has 1 heterocycles. The third-order valence-electron chi connectivity index (χ3n) is 2.90. The highest BCUT2D eigenvalue weighted by Crippen LogP contribution is 2.14. The van der Waals surface area contributed by atoms with Gasteiger partial charge in [0.2, 0.25) is 5.91 Å². The van der Waals surface area contributed by atoms with E-state index >= 15 is 0 Å². The summed E-state index contributed by atoms with van der Waals surface area (Å²) >= 11 is 0. The average molecular weight is 280 g/mol. The van der Waals surface area contributed by atoms with E-state index in [2.05, 4.69) is 22.1 Å². The molecule has 2 N–H and O–H groups in total. The van der Waals surface area contributed by atoms with Crippen molar-refractivity contribution in [1.82, 2.24) is 4.98 Å². The fourth-order valence-electron chi connectivity index (χ4n) is 1.91. The number of aromatic nitrogens is 1.